The van der Waals surface area contributed by atoms with E-state index in [1.54, 1.807) is 6.07 Å². The highest BCUT2D eigenvalue weighted by molar-refractivity contribution is 7.89. The Morgan fingerprint density at radius 1 is 1.07 bits per heavy atom. The molecule has 10 N–H and O–H groups in total. The maximum absolute atomic E-state index is 11.3. The van der Waals surface area contributed by atoms with Crippen molar-refractivity contribution in [2.24, 2.45) is 10.9 Å². The van der Waals surface area contributed by atoms with Crippen molar-refractivity contribution in [3.63, 3.8) is 0 Å². The second-order valence-corrected chi connectivity index (χ2v) is 7.60. The van der Waals surface area contributed by atoms with E-state index in [0.717, 1.165) is 0 Å². The van der Waals surface area contributed by atoms with Gasteiger partial charge in [0.15, 0.2) is 0 Å². The predicted molar refractivity (Wildman–Crippen MR) is 114 cm³/mol. The number of anilines is 4. The number of carbonyl (C=O) groups excluding carboxylic acids is 1. The second-order valence-electron chi connectivity index (χ2n) is 6.03. The van der Waals surface area contributed by atoms with Gasteiger partial charge in [-0.05, 0) is 30.3 Å². The molecule has 0 saturated heterocycles. The van der Waals surface area contributed by atoms with E-state index in [1.807, 2.05) is 12.2 Å². The van der Waals surface area contributed by atoms with Crippen LogP contribution in [0.5, 0.6) is 5.75 Å². The number of ether oxygens (including phenoxy) is 1. The van der Waals surface area contributed by atoms with Gasteiger partial charge in [-0.3, -0.25) is 4.79 Å². The molecule has 2 rings (SSSR count). The average molecular weight is 420 g/mol. The Morgan fingerprint density at radius 2 is 1.72 bits per heavy atom. The van der Waals surface area contributed by atoms with Crippen molar-refractivity contribution in [2.75, 3.05) is 42.3 Å². The molecule has 1 amide bonds. The molecule has 2 aromatic rings. The number of benzene rings is 2. The molecule has 2 aromatic carbocycles. The lowest BCUT2D eigenvalue weighted by Crippen LogP contribution is -2.13. The van der Waals surface area contributed by atoms with E-state index >= 15 is 0 Å². The largest absolute Gasteiger partial charge is 0.494 e. The van der Waals surface area contributed by atoms with Gasteiger partial charge in [-0.25, -0.2) is 13.6 Å². The first-order valence-electron chi connectivity index (χ1n) is 8.46. The number of sulfonamides is 1. The maximum Gasteiger partial charge on any atom is 0.248 e. The smallest absolute Gasteiger partial charge is 0.248 e. The number of rotatable bonds is 9. The van der Waals surface area contributed by atoms with Gasteiger partial charge in [0.2, 0.25) is 15.9 Å². The summed E-state index contributed by atoms with van der Waals surface area (Å²) in [6, 6.07) is 7.22. The van der Waals surface area contributed by atoms with Crippen LogP contribution in [0.1, 0.15) is 10.4 Å². The number of nitrogens with one attached hydrogen (secondary N) is 2. The van der Waals surface area contributed by atoms with Gasteiger partial charge >= 0.3 is 0 Å². The van der Waals surface area contributed by atoms with Crippen molar-refractivity contribution < 1.29 is 17.9 Å². The van der Waals surface area contributed by atoms with Crippen LogP contribution >= 0.6 is 0 Å². The molecule has 11 heteroatoms. The highest BCUT2D eigenvalue weighted by Crippen LogP contribution is 2.32. The molecule has 0 aliphatic rings. The van der Waals surface area contributed by atoms with Crippen LogP contribution in [0.25, 0.3) is 0 Å². The molecular weight excluding hydrogens is 396 g/mol. The average Bonchev–Trinajstić information content (AvgIpc) is 2.65. The van der Waals surface area contributed by atoms with E-state index in [2.05, 4.69) is 10.6 Å². The number of methoxy groups -OCH3 is 1. The first-order valence-corrected chi connectivity index (χ1v) is 10.0. The van der Waals surface area contributed by atoms with Crippen LogP contribution in [-0.2, 0) is 10.0 Å². The van der Waals surface area contributed by atoms with Crippen molar-refractivity contribution in [1.82, 2.24) is 0 Å². The third-order valence-corrected chi connectivity index (χ3v) is 4.87. The molecule has 0 heterocycles. The molecule has 0 spiro atoms. The molecule has 0 saturated carbocycles. The van der Waals surface area contributed by atoms with E-state index in [9.17, 15) is 13.2 Å². The molecule has 0 unspecified atom stereocenters. The number of nitrogen functional groups attached to an aromatic ring is 2. The fourth-order valence-electron chi connectivity index (χ4n) is 2.50. The summed E-state index contributed by atoms with van der Waals surface area (Å²) in [6.45, 7) is 0.895. The maximum atomic E-state index is 11.3. The fourth-order valence-corrected chi connectivity index (χ4v) is 3.05. The van der Waals surface area contributed by atoms with E-state index in [4.69, 9.17) is 27.1 Å². The number of primary sulfonamides is 1. The predicted octanol–water partition coefficient (Wildman–Crippen LogP) is 0.686. The van der Waals surface area contributed by atoms with Gasteiger partial charge in [-0.1, -0.05) is 12.2 Å². The molecule has 10 nitrogen and oxygen atoms in total. The summed E-state index contributed by atoms with van der Waals surface area (Å²) in [4.78, 5) is 11.3. The summed E-state index contributed by atoms with van der Waals surface area (Å²) in [5, 5.41) is 11.2. The molecule has 29 heavy (non-hydrogen) atoms. The first-order chi connectivity index (χ1) is 13.6. The Hall–Kier alpha value is -3.44. The topological polar surface area (TPSA) is 189 Å². The highest BCUT2D eigenvalue weighted by atomic mass is 32.2. The van der Waals surface area contributed by atoms with Gasteiger partial charge in [0.05, 0.1) is 29.1 Å². The van der Waals surface area contributed by atoms with Crippen LogP contribution < -0.4 is 37.7 Å². The fraction of sp³-hybridized carbons (Fsp3) is 0.167. The lowest BCUT2D eigenvalue weighted by molar-refractivity contribution is 0.1000. The minimum absolute atomic E-state index is 0.0471. The zero-order valence-corrected chi connectivity index (χ0v) is 16.6. The SMILES string of the molecule is COc1cc(C(N)=O)cc(N)c1NCC=CCNc1ccc(S(N)(=O)=O)cc1N. The van der Waals surface area contributed by atoms with Crippen molar-refractivity contribution in [1.29, 1.82) is 0 Å². The summed E-state index contributed by atoms with van der Waals surface area (Å²) >= 11 is 0. The zero-order chi connectivity index (χ0) is 21.6. The molecule has 0 aliphatic carbocycles. The van der Waals surface area contributed by atoms with Crippen LogP contribution in [0, 0.1) is 0 Å². The zero-order valence-electron chi connectivity index (χ0n) is 15.8. The molecule has 0 fully saturated rings. The summed E-state index contributed by atoms with van der Waals surface area (Å²) in [7, 11) is -2.33. The van der Waals surface area contributed by atoms with Crippen molar-refractivity contribution in [3.8, 4) is 5.75 Å². The molecule has 156 valence electrons. The second kappa shape index (κ2) is 9.17. The number of primary amides is 1. The summed E-state index contributed by atoms with van der Waals surface area (Å²) < 4.78 is 27.9. The van der Waals surface area contributed by atoms with Gasteiger partial charge < -0.3 is 32.6 Å². The van der Waals surface area contributed by atoms with Crippen molar-refractivity contribution >= 4 is 38.7 Å². The Balaban J connectivity index is 1.93. The van der Waals surface area contributed by atoms with E-state index in [-0.39, 0.29) is 16.1 Å². The molecule has 0 bridgehead atoms. The first kappa shape index (κ1) is 21.9. The van der Waals surface area contributed by atoms with Gasteiger partial charge in [0.1, 0.15) is 11.4 Å². The molecule has 0 radical (unpaired) electrons. The van der Waals surface area contributed by atoms with Gasteiger partial charge in [0.25, 0.3) is 0 Å². The summed E-state index contributed by atoms with van der Waals surface area (Å²) in [5.74, 6) is -0.183. The number of nitrogens with two attached hydrogens (primary N) is 4. The number of hydrogen-bond donors (Lipinski definition) is 6. The van der Waals surface area contributed by atoms with Crippen LogP contribution in [0.4, 0.5) is 22.7 Å². The van der Waals surface area contributed by atoms with Crippen molar-refractivity contribution in [3.05, 3.63) is 48.0 Å². The standard InChI is InChI=1S/C18H24N6O4S/c1-28-16-9-11(18(21)25)8-14(20)17(16)24-7-3-2-6-23-15-5-4-12(10-13(15)19)29(22,26)27/h2-5,8-10,23-24H,6-7,19-20H2,1H3,(H2,21,25)(H2,22,26,27). The number of amides is 1. The number of hydrogen-bond acceptors (Lipinski definition) is 8. The Kier molecular flexibility index (Phi) is 6.91. The van der Waals surface area contributed by atoms with Crippen LogP contribution in [-0.4, -0.2) is 34.5 Å². The lowest BCUT2D eigenvalue weighted by Gasteiger charge is -2.14. The lowest BCUT2D eigenvalue weighted by atomic mass is 10.1. The monoisotopic (exact) mass is 420 g/mol. The van der Waals surface area contributed by atoms with Gasteiger partial charge in [-0.15, -0.1) is 0 Å². The molecular formula is C18H24N6O4S. The van der Waals surface area contributed by atoms with E-state index in [0.29, 0.717) is 35.9 Å². The van der Waals surface area contributed by atoms with Crippen molar-refractivity contribution in [2.45, 2.75) is 4.90 Å². The Morgan fingerprint density at radius 3 is 2.28 bits per heavy atom. The van der Waals surface area contributed by atoms with Crippen LogP contribution in [0.2, 0.25) is 0 Å². The Bertz CT molecular complexity index is 1040. The summed E-state index contributed by atoms with van der Waals surface area (Å²) in [5.41, 5.74) is 19.1. The molecule has 0 atom stereocenters. The minimum atomic E-state index is -3.79. The third kappa shape index (κ3) is 5.77. The molecule has 0 aliphatic heterocycles. The number of carbonyl (C=O) groups is 1. The van der Waals surface area contributed by atoms with Gasteiger partial charge in [0, 0.05) is 18.7 Å². The minimum Gasteiger partial charge on any atom is -0.494 e. The quantitative estimate of drug-likeness (QED) is 0.252. The highest BCUT2D eigenvalue weighted by Gasteiger charge is 2.12. The summed E-state index contributed by atoms with van der Waals surface area (Å²) in [6.07, 6.45) is 3.70. The normalized spacial score (nSPS) is 11.4. The van der Waals surface area contributed by atoms with Crippen LogP contribution in [0.3, 0.4) is 0 Å². The van der Waals surface area contributed by atoms with Gasteiger partial charge in [-0.2, -0.15) is 0 Å². The van der Waals surface area contributed by atoms with Crippen LogP contribution in [0.15, 0.2) is 47.4 Å². The van der Waals surface area contributed by atoms with E-state index < -0.39 is 15.9 Å². The molecule has 0 aromatic heterocycles. The Labute approximate surface area is 168 Å². The third-order valence-electron chi connectivity index (χ3n) is 3.96. The van der Waals surface area contributed by atoms with E-state index in [1.165, 1.54) is 31.4 Å².